The van der Waals surface area contributed by atoms with Crippen molar-refractivity contribution in [2.75, 3.05) is 0 Å². The minimum Gasteiger partial charge on any atom is -0.326 e. The van der Waals surface area contributed by atoms with Crippen molar-refractivity contribution in [3.05, 3.63) is 47.2 Å². The highest BCUT2D eigenvalue weighted by Crippen LogP contribution is 2.21. The fourth-order valence-corrected chi connectivity index (χ4v) is 1.35. The molecule has 0 fully saturated rings. The number of rotatable bonds is 5. The molecule has 0 unspecified atom stereocenters. The Labute approximate surface area is 102 Å². The Bertz CT molecular complexity index is 364. The van der Waals surface area contributed by atoms with Crippen molar-refractivity contribution in [1.82, 2.24) is 5.32 Å². The molecule has 0 saturated heterocycles. The molecule has 0 heterocycles. The van der Waals surface area contributed by atoms with Crippen LogP contribution < -0.4 is 5.32 Å². The summed E-state index contributed by atoms with van der Waals surface area (Å²) in [5, 5.41) is 2.97. The van der Waals surface area contributed by atoms with E-state index in [0.717, 1.165) is 12.0 Å². The van der Waals surface area contributed by atoms with E-state index in [1.807, 2.05) is 26.0 Å². The fourth-order valence-electron chi connectivity index (χ4n) is 1.18. The maximum absolute atomic E-state index is 10.9. The van der Waals surface area contributed by atoms with Crippen LogP contribution >= 0.6 is 11.6 Å². The first-order chi connectivity index (χ1) is 7.42. The second-order valence-corrected chi connectivity index (χ2v) is 3.80. The second-order valence-electron chi connectivity index (χ2n) is 3.34. The van der Waals surface area contributed by atoms with E-state index in [1.54, 1.807) is 0 Å². The van der Waals surface area contributed by atoms with Crippen LogP contribution in [-0.4, -0.2) is 5.91 Å². The number of halogens is 1. The Morgan fingerprint density at radius 3 is 2.31 bits per heavy atom. The molecule has 0 aliphatic rings. The van der Waals surface area contributed by atoms with Gasteiger partial charge in [0.15, 0.2) is 0 Å². The average molecular weight is 240 g/mol. The molecule has 1 N–H and O–H groups in total. The molecule has 0 saturated carbocycles. The highest BCUT2D eigenvalue weighted by Gasteiger charge is 2.07. The molecular formula is C13H18ClNO. The van der Waals surface area contributed by atoms with Crippen molar-refractivity contribution in [2.24, 2.45) is 0 Å². The van der Waals surface area contributed by atoms with Crippen molar-refractivity contribution in [1.29, 1.82) is 0 Å². The highest BCUT2D eigenvalue weighted by atomic mass is 35.5. The smallest absolute Gasteiger partial charge is 0.221 e. The fraction of sp³-hybridized carbons (Fsp3) is 0.308. The predicted molar refractivity (Wildman–Crippen MR) is 70.1 cm³/mol. The summed E-state index contributed by atoms with van der Waals surface area (Å²) in [4.78, 5) is 10.9. The number of nitrogens with one attached hydrogen (secondary N) is 1. The lowest BCUT2D eigenvalue weighted by Crippen LogP contribution is -2.19. The topological polar surface area (TPSA) is 29.1 Å². The molecule has 1 amide bonds. The van der Waals surface area contributed by atoms with Gasteiger partial charge in [-0.1, -0.05) is 43.3 Å². The lowest BCUT2D eigenvalue weighted by atomic mass is 10.1. The summed E-state index contributed by atoms with van der Waals surface area (Å²) in [5.41, 5.74) is 2.25. The third-order valence-corrected chi connectivity index (χ3v) is 2.26. The van der Waals surface area contributed by atoms with Crippen molar-refractivity contribution in [2.45, 2.75) is 27.2 Å². The number of carbonyl (C=O) groups excluding carboxylic acids is 1. The van der Waals surface area contributed by atoms with Gasteiger partial charge in [-0.3, -0.25) is 4.79 Å². The van der Waals surface area contributed by atoms with E-state index in [2.05, 4.69) is 18.5 Å². The molecule has 2 nitrogen and oxygen atoms in total. The van der Waals surface area contributed by atoms with Crippen molar-refractivity contribution in [3.63, 3.8) is 0 Å². The van der Waals surface area contributed by atoms with Crippen LogP contribution in [0.2, 0.25) is 0 Å². The summed E-state index contributed by atoms with van der Waals surface area (Å²) in [5.74, 6) is -0.174. The molecule has 0 atom stereocenters. The molecule has 3 heteroatoms. The van der Waals surface area contributed by atoms with Gasteiger partial charge in [-0.05, 0) is 19.4 Å². The number of hydrogen-bond acceptors (Lipinski definition) is 1. The van der Waals surface area contributed by atoms with E-state index in [1.165, 1.54) is 6.92 Å². The molecule has 88 valence electrons. The molecule has 0 bridgehead atoms. The van der Waals surface area contributed by atoms with E-state index in [4.69, 9.17) is 11.6 Å². The molecule has 0 spiro atoms. The zero-order valence-corrected chi connectivity index (χ0v) is 10.8. The van der Waals surface area contributed by atoms with Crippen molar-refractivity contribution >= 4 is 17.5 Å². The zero-order valence-electron chi connectivity index (χ0n) is 10.1. The van der Waals surface area contributed by atoms with Crippen molar-refractivity contribution < 1.29 is 4.79 Å². The number of carbonyl (C=O) groups is 1. The summed E-state index contributed by atoms with van der Waals surface area (Å²) in [6.45, 7) is 12.8. The monoisotopic (exact) mass is 239 g/mol. The average Bonchev–Trinajstić information content (AvgIpc) is 2.17. The lowest BCUT2D eigenvalue weighted by Gasteiger charge is -2.10. The first kappa shape index (κ1) is 14.7. The molecule has 0 aliphatic heterocycles. The summed E-state index contributed by atoms with van der Waals surface area (Å²) in [6.07, 6.45) is 4.76. The van der Waals surface area contributed by atoms with Crippen LogP contribution in [0, 0.1) is 0 Å². The van der Waals surface area contributed by atoms with Crippen LogP contribution in [-0.2, 0) is 4.79 Å². The van der Waals surface area contributed by atoms with Gasteiger partial charge >= 0.3 is 0 Å². The Kier molecular flexibility index (Phi) is 6.50. The van der Waals surface area contributed by atoms with Crippen LogP contribution in [0.1, 0.15) is 27.2 Å². The molecule has 0 aromatic heterocycles. The molecule has 0 aromatic carbocycles. The summed E-state index contributed by atoms with van der Waals surface area (Å²) in [7, 11) is 0. The van der Waals surface area contributed by atoms with Crippen LogP contribution in [0.4, 0.5) is 0 Å². The molecule has 0 rings (SSSR count). The van der Waals surface area contributed by atoms with Gasteiger partial charge in [0.25, 0.3) is 0 Å². The highest BCUT2D eigenvalue weighted by molar-refractivity contribution is 6.32. The summed E-state index contributed by atoms with van der Waals surface area (Å²) in [6, 6.07) is 0. The lowest BCUT2D eigenvalue weighted by molar-refractivity contribution is -0.118. The minimum absolute atomic E-state index is 0.174. The van der Waals surface area contributed by atoms with Gasteiger partial charge in [0.05, 0.1) is 0 Å². The van der Waals surface area contributed by atoms with Gasteiger partial charge in [0.1, 0.15) is 0 Å². The predicted octanol–water partition coefficient (Wildman–Crippen LogP) is 3.67. The van der Waals surface area contributed by atoms with Gasteiger partial charge in [-0.2, -0.15) is 0 Å². The summed E-state index contributed by atoms with van der Waals surface area (Å²) < 4.78 is 0. The van der Waals surface area contributed by atoms with Gasteiger partial charge in [-0.15, -0.1) is 0 Å². The normalized spacial score (nSPS) is 12.2. The molecule has 0 aromatic rings. The van der Waals surface area contributed by atoms with E-state index in [9.17, 15) is 4.79 Å². The number of hydrogen-bond donors (Lipinski definition) is 1. The molecular weight excluding hydrogens is 222 g/mol. The molecule has 16 heavy (non-hydrogen) atoms. The molecule has 0 radical (unpaired) electrons. The van der Waals surface area contributed by atoms with E-state index in [-0.39, 0.29) is 5.91 Å². The van der Waals surface area contributed by atoms with Crippen LogP contribution in [0.5, 0.6) is 0 Å². The quantitative estimate of drug-likeness (QED) is 0.729. The maximum Gasteiger partial charge on any atom is 0.221 e. The third kappa shape index (κ3) is 4.99. The number of amides is 1. The number of allylic oxidation sites excluding steroid dienone is 4. The van der Waals surface area contributed by atoms with E-state index >= 15 is 0 Å². The minimum atomic E-state index is -0.174. The van der Waals surface area contributed by atoms with Crippen LogP contribution in [0.3, 0.4) is 0 Å². The first-order valence-corrected chi connectivity index (χ1v) is 5.48. The van der Waals surface area contributed by atoms with E-state index in [0.29, 0.717) is 16.3 Å². The zero-order chi connectivity index (χ0) is 12.7. The third-order valence-electron chi connectivity index (χ3n) is 2.05. The Morgan fingerprint density at radius 2 is 2.00 bits per heavy atom. The van der Waals surface area contributed by atoms with Gasteiger partial charge in [0.2, 0.25) is 5.91 Å². The maximum atomic E-state index is 10.9. The molecule has 0 aliphatic carbocycles. The standard InChI is InChI=1S/C13H18ClNO/c1-6-12(7-2)8-13(9(3)14)10(4)15-11(5)16/h6,8H,3-4,7H2,1-2,5H3,(H,15,16)/b12-6-,13-8+. The van der Waals surface area contributed by atoms with Gasteiger partial charge in [-0.25, -0.2) is 0 Å². The van der Waals surface area contributed by atoms with E-state index < -0.39 is 0 Å². The van der Waals surface area contributed by atoms with Crippen molar-refractivity contribution in [3.8, 4) is 0 Å². The van der Waals surface area contributed by atoms with Gasteiger partial charge in [0, 0.05) is 23.2 Å². The summed E-state index contributed by atoms with van der Waals surface area (Å²) >= 11 is 5.88. The second kappa shape index (κ2) is 7.07. The Hall–Kier alpha value is -1.28. The Balaban J connectivity index is 5.09. The SMILES string of the molecule is C=C(Cl)/C(=C\C(=C/C)CC)C(=C)NC(C)=O. The largest absolute Gasteiger partial charge is 0.326 e. The van der Waals surface area contributed by atoms with Crippen LogP contribution in [0.15, 0.2) is 47.2 Å². The first-order valence-electron chi connectivity index (χ1n) is 5.10. The van der Waals surface area contributed by atoms with Gasteiger partial charge < -0.3 is 5.32 Å². The Morgan fingerprint density at radius 1 is 1.44 bits per heavy atom. The van der Waals surface area contributed by atoms with Crippen LogP contribution in [0.25, 0.3) is 0 Å².